The molecule has 1 N–H and O–H groups in total. The van der Waals surface area contributed by atoms with Gasteiger partial charge in [-0.05, 0) is 32.6 Å². The van der Waals surface area contributed by atoms with Gasteiger partial charge in [-0.2, -0.15) is 0 Å². The number of carboxylic acid groups (broad SMARTS) is 1. The van der Waals surface area contributed by atoms with E-state index in [1.165, 1.54) is 0 Å². The summed E-state index contributed by atoms with van der Waals surface area (Å²) in [6.45, 7) is 6.53. The normalized spacial score (nSPS) is 27.8. The fourth-order valence-corrected chi connectivity index (χ4v) is 2.02. The Labute approximate surface area is 79.7 Å². The second-order valence-corrected chi connectivity index (χ2v) is 4.39. The van der Waals surface area contributed by atoms with E-state index in [1.807, 2.05) is 0 Å². The van der Waals surface area contributed by atoms with Gasteiger partial charge in [0.2, 0.25) is 0 Å². The molecule has 76 valence electrons. The molecule has 13 heavy (non-hydrogen) atoms. The number of carbonyl (C=O) groups is 1. The van der Waals surface area contributed by atoms with Gasteiger partial charge >= 0.3 is 5.97 Å². The van der Waals surface area contributed by atoms with Crippen molar-refractivity contribution in [3.8, 4) is 0 Å². The van der Waals surface area contributed by atoms with E-state index < -0.39 is 5.97 Å². The number of rotatable bonds is 4. The zero-order valence-corrected chi connectivity index (χ0v) is 8.66. The summed E-state index contributed by atoms with van der Waals surface area (Å²) < 4.78 is 0. The highest BCUT2D eigenvalue weighted by atomic mass is 16.4. The quantitative estimate of drug-likeness (QED) is 0.723. The third-order valence-corrected chi connectivity index (χ3v) is 2.80. The molecule has 0 aromatic rings. The zero-order valence-electron chi connectivity index (χ0n) is 8.66. The van der Waals surface area contributed by atoms with Crippen LogP contribution in [0.4, 0.5) is 0 Å². The van der Waals surface area contributed by atoms with Gasteiger partial charge in [-0.1, -0.05) is 6.92 Å². The fourth-order valence-electron chi connectivity index (χ4n) is 2.02. The fraction of sp³-hybridized carbons (Fsp3) is 0.900. The third-order valence-electron chi connectivity index (χ3n) is 2.80. The minimum Gasteiger partial charge on any atom is -0.480 e. The van der Waals surface area contributed by atoms with Crippen molar-refractivity contribution >= 4 is 5.97 Å². The summed E-state index contributed by atoms with van der Waals surface area (Å²) in [5, 5.41) is 8.73. The molecule has 1 rings (SSSR count). The van der Waals surface area contributed by atoms with Gasteiger partial charge < -0.3 is 5.11 Å². The first kappa shape index (κ1) is 10.5. The van der Waals surface area contributed by atoms with Crippen molar-refractivity contribution in [1.29, 1.82) is 0 Å². The Hall–Kier alpha value is -0.570. The molecule has 0 radical (unpaired) electrons. The number of carboxylic acids is 1. The average Bonchev–Trinajstić information content (AvgIpc) is 1.94. The Bertz CT molecular complexity index is 185. The molecular weight excluding hydrogens is 166 g/mol. The van der Waals surface area contributed by atoms with Crippen molar-refractivity contribution in [3.05, 3.63) is 0 Å². The molecule has 1 aliphatic carbocycles. The molecule has 0 unspecified atom stereocenters. The Kier molecular flexibility index (Phi) is 3.31. The van der Waals surface area contributed by atoms with Gasteiger partial charge in [0.25, 0.3) is 0 Å². The molecule has 1 fully saturated rings. The second-order valence-electron chi connectivity index (χ2n) is 4.39. The van der Waals surface area contributed by atoms with Crippen molar-refractivity contribution in [2.45, 2.75) is 45.7 Å². The molecule has 0 bridgehead atoms. The highest BCUT2D eigenvalue weighted by Gasteiger charge is 2.32. The zero-order chi connectivity index (χ0) is 10.0. The maximum absolute atomic E-state index is 10.6. The van der Waals surface area contributed by atoms with Crippen LogP contribution in [0.25, 0.3) is 0 Å². The van der Waals surface area contributed by atoms with Crippen LogP contribution in [-0.4, -0.2) is 34.6 Å². The van der Waals surface area contributed by atoms with Crippen LogP contribution in [0.1, 0.15) is 33.6 Å². The molecule has 3 heteroatoms. The van der Waals surface area contributed by atoms with Crippen LogP contribution in [0.5, 0.6) is 0 Å². The van der Waals surface area contributed by atoms with E-state index in [9.17, 15) is 4.79 Å². The third kappa shape index (κ3) is 2.69. The lowest BCUT2D eigenvalue weighted by molar-refractivity contribution is -0.140. The summed E-state index contributed by atoms with van der Waals surface area (Å²) in [6, 6.07) is 0.847. The molecule has 1 saturated carbocycles. The van der Waals surface area contributed by atoms with Crippen LogP contribution in [-0.2, 0) is 4.79 Å². The first-order valence-corrected chi connectivity index (χ1v) is 4.98. The molecule has 0 aliphatic heterocycles. The summed E-state index contributed by atoms with van der Waals surface area (Å²) in [7, 11) is 0. The van der Waals surface area contributed by atoms with Gasteiger partial charge in [0.05, 0.1) is 6.54 Å². The standard InChI is InChI=1S/C10H19NO2/c1-7(2)11(6-10(12)13)9-4-8(3)5-9/h7-9H,4-6H2,1-3H3,(H,12,13). The molecule has 3 nitrogen and oxygen atoms in total. The number of nitrogens with zero attached hydrogens (tertiary/aromatic N) is 1. The summed E-state index contributed by atoms with van der Waals surface area (Å²) in [4.78, 5) is 12.7. The lowest BCUT2D eigenvalue weighted by Crippen LogP contribution is -2.49. The van der Waals surface area contributed by atoms with Gasteiger partial charge in [0.1, 0.15) is 0 Å². The van der Waals surface area contributed by atoms with Crippen molar-refractivity contribution in [1.82, 2.24) is 4.90 Å². The minimum absolute atomic E-state index is 0.190. The van der Waals surface area contributed by atoms with Crippen LogP contribution >= 0.6 is 0 Å². The summed E-state index contributed by atoms with van der Waals surface area (Å²) in [5.74, 6) is 0.0632. The van der Waals surface area contributed by atoms with Gasteiger partial charge in [-0.3, -0.25) is 9.69 Å². The Morgan fingerprint density at radius 2 is 2.08 bits per heavy atom. The highest BCUT2D eigenvalue weighted by Crippen LogP contribution is 2.31. The van der Waals surface area contributed by atoms with E-state index in [1.54, 1.807) is 0 Å². The van der Waals surface area contributed by atoms with E-state index in [2.05, 4.69) is 25.7 Å². The van der Waals surface area contributed by atoms with Gasteiger partial charge in [0, 0.05) is 12.1 Å². The molecule has 0 atom stereocenters. The first-order chi connectivity index (χ1) is 6.00. The van der Waals surface area contributed by atoms with Crippen LogP contribution in [0.15, 0.2) is 0 Å². The second kappa shape index (κ2) is 4.09. The topological polar surface area (TPSA) is 40.5 Å². The summed E-state index contributed by atoms with van der Waals surface area (Å²) in [5.41, 5.74) is 0. The molecule has 0 amide bonds. The van der Waals surface area contributed by atoms with E-state index in [0.29, 0.717) is 12.1 Å². The molecule has 0 spiro atoms. The maximum Gasteiger partial charge on any atom is 0.317 e. The first-order valence-electron chi connectivity index (χ1n) is 4.98. The SMILES string of the molecule is CC1CC(N(CC(=O)O)C(C)C)C1. The molecule has 1 aliphatic rings. The monoisotopic (exact) mass is 185 g/mol. The maximum atomic E-state index is 10.6. The minimum atomic E-state index is -0.715. The van der Waals surface area contributed by atoms with Crippen molar-refractivity contribution in [3.63, 3.8) is 0 Å². The lowest BCUT2D eigenvalue weighted by atomic mass is 9.80. The van der Waals surface area contributed by atoms with Gasteiger partial charge in [-0.15, -0.1) is 0 Å². The number of hydrogen-bond acceptors (Lipinski definition) is 2. The largest absolute Gasteiger partial charge is 0.480 e. The van der Waals surface area contributed by atoms with E-state index >= 15 is 0 Å². The van der Waals surface area contributed by atoms with Crippen LogP contribution in [0.3, 0.4) is 0 Å². The molecule has 0 aromatic carbocycles. The van der Waals surface area contributed by atoms with Crippen LogP contribution < -0.4 is 0 Å². The summed E-state index contributed by atoms with van der Waals surface area (Å²) >= 11 is 0. The highest BCUT2D eigenvalue weighted by molar-refractivity contribution is 5.69. The molecular formula is C10H19NO2. The average molecular weight is 185 g/mol. The van der Waals surface area contributed by atoms with Crippen molar-refractivity contribution in [2.24, 2.45) is 5.92 Å². The Morgan fingerprint density at radius 1 is 1.54 bits per heavy atom. The smallest absolute Gasteiger partial charge is 0.317 e. The Balaban J connectivity index is 2.43. The predicted octanol–water partition coefficient (Wildman–Crippen LogP) is 1.58. The number of aliphatic carboxylic acids is 1. The van der Waals surface area contributed by atoms with E-state index in [0.717, 1.165) is 18.8 Å². The van der Waals surface area contributed by atoms with Crippen molar-refractivity contribution < 1.29 is 9.90 Å². The molecule has 0 heterocycles. The summed E-state index contributed by atoms with van der Waals surface area (Å²) in [6.07, 6.45) is 2.32. The van der Waals surface area contributed by atoms with Crippen LogP contribution in [0, 0.1) is 5.92 Å². The Morgan fingerprint density at radius 3 is 2.38 bits per heavy atom. The molecule has 0 aromatic heterocycles. The lowest BCUT2D eigenvalue weighted by Gasteiger charge is -2.43. The van der Waals surface area contributed by atoms with Gasteiger partial charge in [-0.25, -0.2) is 0 Å². The van der Waals surface area contributed by atoms with Crippen molar-refractivity contribution in [2.75, 3.05) is 6.54 Å². The van der Waals surface area contributed by atoms with Gasteiger partial charge in [0.15, 0.2) is 0 Å². The number of hydrogen-bond donors (Lipinski definition) is 1. The van der Waals surface area contributed by atoms with Crippen LogP contribution in [0.2, 0.25) is 0 Å². The predicted molar refractivity (Wildman–Crippen MR) is 51.7 cm³/mol. The van der Waals surface area contributed by atoms with E-state index in [-0.39, 0.29) is 6.54 Å². The molecule has 0 saturated heterocycles. The van der Waals surface area contributed by atoms with E-state index in [4.69, 9.17) is 5.11 Å².